The fourth-order valence-corrected chi connectivity index (χ4v) is 3.62. The number of fused-ring (bicyclic) bond motifs is 1. The van der Waals surface area contributed by atoms with Crippen molar-refractivity contribution in [3.63, 3.8) is 0 Å². The maximum absolute atomic E-state index is 12.3. The van der Waals surface area contributed by atoms with E-state index in [2.05, 4.69) is 12.1 Å². The van der Waals surface area contributed by atoms with Gasteiger partial charge >= 0.3 is 0 Å². The van der Waals surface area contributed by atoms with E-state index >= 15 is 0 Å². The van der Waals surface area contributed by atoms with E-state index in [1.54, 1.807) is 0 Å². The van der Waals surface area contributed by atoms with Gasteiger partial charge in [-0.2, -0.15) is 0 Å². The molecule has 0 saturated carbocycles. The molecule has 2 aliphatic heterocycles. The summed E-state index contributed by atoms with van der Waals surface area (Å²) in [6.07, 6.45) is 4.68. The second-order valence-corrected chi connectivity index (χ2v) is 5.91. The lowest BCUT2D eigenvalue weighted by molar-refractivity contribution is 0.0792. The van der Waals surface area contributed by atoms with Crippen LogP contribution in [0.5, 0.6) is 0 Å². The zero-order chi connectivity index (χ0) is 11.7. The van der Waals surface area contributed by atoms with Crippen LogP contribution in [0, 0.1) is 0 Å². The lowest BCUT2D eigenvalue weighted by atomic mass is 10.1. The second-order valence-electron chi connectivity index (χ2n) is 4.77. The summed E-state index contributed by atoms with van der Waals surface area (Å²) in [6.45, 7) is 1.87. The summed E-state index contributed by atoms with van der Waals surface area (Å²) >= 11 is 1.92. The number of hydrogen-bond acceptors (Lipinski definition) is 2. The number of amides is 1. The molecule has 2 nitrogen and oxygen atoms in total. The van der Waals surface area contributed by atoms with E-state index in [-0.39, 0.29) is 5.91 Å². The number of nitrogens with zero attached hydrogens (tertiary/aromatic N) is 1. The maximum Gasteiger partial charge on any atom is 0.253 e. The van der Waals surface area contributed by atoms with Crippen molar-refractivity contribution in [2.24, 2.45) is 0 Å². The van der Waals surface area contributed by atoms with Crippen molar-refractivity contribution in [3.8, 4) is 0 Å². The average Bonchev–Trinajstić information content (AvgIpc) is 2.91. The highest BCUT2D eigenvalue weighted by atomic mass is 32.2. The zero-order valence-corrected chi connectivity index (χ0v) is 10.8. The molecule has 0 aliphatic carbocycles. The van der Waals surface area contributed by atoms with Crippen LogP contribution in [-0.4, -0.2) is 29.6 Å². The lowest BCUT2D eigenvalue weighted by Crippen LogP contribution is -2.27. The largest absolute Gasteiger partial charge is 0.339 e. The van der Waals surface area contributed by atoms with Crippen molar-refractivity contribution in [2.45, 2.75) is 30.6 Å². The molecular weight excluding hydrogens is 230 g/mol. The first kappa shape index (κ1) is 11.1. The molecular formula is C14H17NOS. The van der Waals surface area contributed by atoms with Gasteiger partial charge in [0.05, 0.1) is 0 Å². The van der Waals surface area contributed by atoms with Gasteiger partial charge in [0.15, 0.2) is 0 Å². The molecule has 2 aliphatic rings. The monoisotopic (exact) mass is 247 g/mol. The fourth-order valence-electron chi connectivity index (χ4n) is 2.60. The SMILES string of the molecule is O=C(c1ccc2c(c1)CCCS2)N1CCCC1. The van der Waals surface area contributed by atoms with Gasteiger partial charge in [0.1, 0.15) is 0 Å². The molecule has 3 heteroatoms. The Labute approximate surface area is 106 Å². The number of aryl methyl sites for hydroxylation is 1. The third-order valence-electron chi connectivity index (χ3n) is 3.55. The average molecular weight is 247 g/mol. The molecule has 1 aromatic rings. The third-order valence-corrected chi connectivity index (χ3v) is 4.75. The highest BCUT2D eigenvalue weighted by molar-refractivity contribution is 7.99. The number of thioether (sulfide) groups is 1. The summed E-state index contributed by atoms with van der Waals surface area (Å²) in [7, 11) is 0. The van der Waals surface area contributed by atoms with E-state index < -0.39 is 0 Å². The number of hydrogen-bond donors (Lipinski definition) is 0. The third kappa shape index (κ3) is 2.21. The molecule has 0 bridgehead atoms. The molecule has 1 aromatic carbocycles. The predicted molar refractivity (Wildman–Crippen MR) is 70.6 cm³/mol. The Morgan fingerprint density at radius 2 is 2.00 bits per heavy atom. The predicted octanol–water partition coefficient (Wildman–Crippen LogP) is 2.96. The molecule has 0 N–H and O–H groups in total. The standard InChI is InChI=1S/C14H17NOS/c16-14(15-7-1-2-8-15)12-5-6-13-11(10-12)4-3-9-17-13/h5-6,10H,1-4,7-9H2. The number of rotatable bonds is 1. The van der Waals surface area contributed by atoms with E-state index in [4.69, 9.17) is 0 Å². The molecule has 1 fully saturated rings. The molecule has 17 heavy (non-hydrogen) atoms. The maximum atomic E-state index is 12.3. The molecule has 2 heterocycles. The van der Waals surface area contributed by atoms with Gasteiger partial charge in [-0.3, -0.25) is 4.79 Å². The van der Waals surface area contributed by atoms with Crippen LogP contribution in [0.25, 0.3) is 0 Å². The van der Waals surface area contributed by atoms with Crippen molar-refractivity contribution in [1.29, 1.82) is 0 Å². The molecule has 1 saturated heterocycles. The topological polar surface area (TPSA) is 20.3 Å². The van der Waals surface area contributed by atoms with Crippen molar-refractivity contribution >= 4 is 17.7 Å². The van der Waals surface area contributed by atoms with Gasteiger partial charge in [-0.25, -0.2) is 0 Å². The molecule has 1 amide bonds. The lowest BCUT2D eigenvalue weighted by Gasteiger charge is -2.19. The van der Waals surface area contributed by atoms with E-state index in [0.717, 1.165) is 37.9 Å². The summed E-state index contributed by atoms with van der Waals surface area (Å²) in [5.74, 6) is 1.44. The Balaban J connectivity index is 1.85. The highest BCUT2D eigenvalue weighted by Crippen LogP contribution is 2.30. The van der Waals surface area contributed by atoms with Crippen LogP contribution < -0.4 is 0 Å². The molecule has 0 unspecified atom stereocenters. The Morgan fingerprint density at radius 1 is 1.18 bits per heavy atom. The second kappa shape index (κ2) is 4.73. The first-order chi connectivity index (χ1) is 8.34. The van der Waals surface area contributed by atoms with Gasteiger partial charge in [0.2, 0.25) is 0 Å². The first-order valence-electron chi connectivity index (χ1n) is 6.39. The van der Waals surface area contributed by atoms with E-state index in [9.17, 15) is 4.79 Å². The van der Waals surface area contributed by atoms with Gasteiger partial charge in [0, 0.05) is 23.5 Å². The van der Waals surface area contributed by atoms with Crippen LogP contribution in [0.2, 0.25) is 0 Å². The van der Waals surface area contributed by atoms with E-state index in [1.165, 1.54) is 22.6 Å². The van der Waals surface area contributed by atoms with E-state index in [1.807, 2.05) is 22.7 Å². The number of carbonyl (C=O) groups excluding carboxylic acids is 1. The minimum absolute atomic E-state index is 0.223. The summed E-state index contributed by atoms with van der Waals surface area (Å²) in [4.78, 5) is 15.6. The number of likely N-dealkylation sites (tertiary alicyclic amines) is 1. The Morgan fingerprint density at radius 3 is 2.82 bits per heavy atom. The Hall–Kier alpha value is -0.960. The summed E-state index contributed by atoms with van der Waals surface area (Å²) in [6, 6.07) is 6.24. The van der Waals surface area contributed by atoms with Gasteiger partial charge in [-0.05, 0) is 55.2 Å². The molecule has 0 atom stereocenters. The fraction of sp³-hybridized carbons (Fsp3) is 0.500. The quantitative estimate of drug-likeness (QED) is 0.760. The van der Waals surface area contributed by atoms with Crippen molar-refractivity contribution in [1.82, 2.24) is 4.90 Å². The number of benzene rings is 1. The van der Waals surface area contributed by atoms with Crippen molar-refractivity contribution in [2.75, 3.05) is 18.8 Å². The zero-order valence-electron chi connectivity index (χ0n) is 9.95. The normalized spacial score (nSPS) is 19.2. The van der Waals surface area contributed by atoms with Crippen molar-refractivity contribution in [3.05, 3.63) is 29.3 Å². The van der Waals surface area contributed by atoms with Crippen molar-refractivity contribution < 1.29 is 4.79 Å². The van der Waals surface area contributed by atoms with Gasteiger partial charge in [-0.1, -0.05) is 0 Å². The summed E-state index contributed by atoms with van der Waals surface area (Å²) in [5.41, 5.74) is 2.25. The van der Waals surface area contributed by atoms with Gasteiger partial charge in [0.25, 0.3) is 5.91 Å². The van der Waals surface area contributed by atoms with E-state index in [0.29, 0.717) is 0 Å². The van der Waals surface area contributed by atoms with Crippen LogP contribution in [-0.2, 0) is 6.42 Å². The van der Waals surface area contributed by atoms with Crippen LogP contribution in [0.4, 0.5) is 0 Å². The first-order valence-corrected chi connectivity index (χ1v) is 7.38. The van der Waals surface area contributed by atoms with Gasteiger partial charge in [-0.15, -0.1) is 11.8 Å². The minimum atomic E-state index is 0.223. The molecule has 0 aromatic heterocycles. The Bertz CT molecular complexity index is 438. The molecule has 3 rings (SSSR count). The van der Waals surface area contributed by atoms with Crippen LogP contribution in [0.3, 0.4) is 0 Å². The summed E-state index contributed by atoms with van der Waals surface area (Å²) < 4.78 is 0. The smallest absolute Gasteiger partial charge is 0.253 e. The highest BCUT2D eigenvalue weighted by Gasteiger charge is 2.20. The number of carbonyl (C=O) groups is 1. The molecule has 90 valence electrons. The summed E-state index contributed by atoms with van der Waals surface area (Å²) in [5, 5.41) is 0. The molecule has 0 radical (unpaired) electrons. The molecule has 0 spiro atoms. The minimum Gasteiger partial charge on any atom is -0.339 e. The van der Waals surface area contributed by atoms with Crippen LogP contribution in [0.15, 0.2) is 23.1 Å². The van der Waals surface area contributed by atoms with Crippen LogP contribution >= 0.6 is 11.8 Å². The van der Waals surface area contributed by atoms with Gasteiger partial charge < -0.3 is 4.90 Å². The Kier molecular flexibility index (Phi) is 3.10. The van der Waals surface area contributed by atoms with Crippen LogP contribution in [0.1, 0.15) is 35.2 Å².